The van der Waals surface area contributed by atoms with Crippen molar-refractivity contribution in [1.29, 1.82) is 0 Å². The van der Waals surface area contributed by atoms with Crippen molar-refractivity contribution in [1.82, 2.24) is 10.3 Å². The van der Waals surface area contributed by atoms with Gasteiger partial charge in [0.05, 0.1) is 25.3 Å². The molecule has 0 radical (unpaired) electrons. The van der Waals surface area contributed by atoms with Crippen LogP contribution in [0.3, 0.4) is 0 Å². The minimum atomic E-state index is -1.06. The number of aromatic nitrogens is 1. The van der Waals surface area contributed by atoms with Gasteiger partial charge in [-0.1, -0.05) is 54.6 Å². The van der Waals surface area contributed by atoms with Crippen LogP contribution in [0.2, 0.25) is 0 Å². The van der Waals surface area contributed by atoms with Crippen molar-refractivity contribution in [3.63, 3.8) is 0 Å². The first kappa shape index (κ1) is 20.4. The standard InChI is InChI=1S/C24H22N2O5/c1-30-22-12-6-11-20(25-22)21(13-23(27)28)26-24(29)31-14-19-17-9-4-2-7-15(17)16-8-3-5-10-18(16)19/h2-12,19,21H,13-14H2,1H3,(H,26,29)(H,27,28). The van der Waals surface area contributed by atoms with E-state index in [1.165, 1.54) is 7.11 Å². The highest BCUT2D eigenvalue weighted by Gasteiger charge is 2.29. The Morgan fingerprint density at radius 2 is 1.65 bits per heavy atom. The molecule has 1 heterocycles. The van der Waals surface area contributed by atoms with Crippen LogP contribution in [0.25, 0.3) is 11.1 Å². The molecule has 1 aromatic heterocycles. The maximum atomic E-state index is 12.6. The first-order valence-electron chi connectivity index (χ1n) is 9.91. The van der Waals surface area contributed by atoms with Crippen molar-refractivity contribution in [2.24, 2.45) is 0 Å². The van der Waals surface area contributed by atoms with Crippen LogP contribution in [-0.4, -0.2) is 35.9 Å². The second-order valence-electron chi connectivity index (χ2n) is 7.23. The number of fused-ring (bicyclic) bond motifs is 3. The van der Waals surface area contributed by atoms with Gasteiger partial charge in [-0.2, -0.15) is 0 Å². The Morgan fingerprint density at radius 3 is 2.26 bits per heavy atom. The van der Waals surface area contributed by atoms with Crippen molar-refractivity contribution in [3.05, 3.63) is 83.6 Å². The Balaban J connectivity index is 1.48. The van der Waals surface area contributed by atoms with Gasteiger partial charge in [0.25, 0.3) is 0 Å². The van der Waals surface area contributed by atoms with Gasteiger partial charge in [0.2, 0.25) is 5.88 Å². The van der Waals surface area contributed by atoms with Crippen LogP contribution < -0.4 is 10.1 Å². The number of carbonyl (C=O) groups excluding carboxylic acids is 1. The summed E-state index contributed by atoms with van der Waals surface area (Å²) in [5.41, 5.74) is 4.87. The summed E-state index contributed by atoms with van der Waals surface area (Å²) in [6.45, 7) is 0.144. The molecule has 7 heteroatoms. The molecule has 0 saturated heterocycles. The van der Waals surface area contributed by atoms with Crippen LogP contribution in [0.1, 0.15) is 35.2 Å². The van der Waals surface area contributed by atoms with E-state index in [0.717, 1.165) is 22.3 Å². The van der Waals surface area contributed by atoms with E-state index in [1.54, 1.807) is 18.2 Å². The van der Waals surface area contributed by atoms with E-state index in [1.807, 2.05) is 36.4 Å². The summed E-state index contributed by atoms with van der Waals surface area (Å²) in [5.74, 6) is -0.804. The first-order chi connectivity index (χ1) is 15.1. The van der Waals surface area contributed by atoms with Crippen molar-refractivity contribution >= 4 is 12.1 Å². The molecule has 0 spiro atoms. The zero-order valence-corrected chi connectivity index (χ0v) is 16.9. The molecule has 0 aliphatic heterocycles. The van der Waals surface area contributed by atoms with Crippen LogP contribution in [0, 0.1) is 0 Å². The number of carboxylic acids is 1. The summed E-state index contributed by atoms with van der Waals surface area (Å²) in [7, 11) is 1.47. The molecular weight excluding hydrogens is 396 g/mol. The number of hydrogen-bond donors (Lipinski definition) is 2. The molecule has 31 heavy (non-hydrogen) atoms. The molecular formula is C24H22N2O5. The molecule has 2 N–H and O–H groups in total. The van der Waals surface area contributed by atoms with Crippen LogP contribution >= 0.6 is 0 Å². The second kappa shape index (κ2) is 8.87. The molecule has 158 valence electrons. The lowest BCUT2D eigenvalue weighted by Gasteiger charge is -2.19. The molecule has 1 amide bonds. The number of amides is 1. The van der Waals surface area contributed by atoms with Gasteiger partial charge in [0, 0.05) is 12.0 Å². The van der Waals surface area contributed by atoms with Crippen molar-refractivity contribution in [2.75, 3.05) is 13.7 Å². The number of nitrogens with one attached hydrogen (secondary N) is 1. The third-order valence-electron chi connectivity index (χ3n) is 5.33. The lowest BCUT2D eigenvalue weighted by molar-refractivity contribution is -0.137. The van der Waals surface area contributed by atoms with Gasteiger partial charge in [-0.3, -0.25) is 4.79 Å². The minimum Gasteiger partial charge on any atom is -0.481 e. The molecule has 7 nitrogen and oxygen atoms in total. The summed E-state index contributed by atoms with van der Waals surface area (Å²) in [5, 5.41) is 11.9. The first-order valence-corrected chi connectivity index (χ1v) is 9.91. The zero-order chi connectivity index (χ0) is 21.8. The average molecular weight is 418 g/mol. The Kier molecular flexibility index (Phi) is 5.84. The van der Waals surface area contributed by atoms with Crippen LogP contribution in [0.15, 0.2) is 66.7 Å². The summed E-state index contributed by atoms with van der Waals surface area (Å²) in [4.78, 5) is 28.1. The van der Waals surface area contributed by atoms with E-state index in [4.69, 9.17) is 9.47 Å². The third kappa shape index (κ3) is 4.35. The molecule has 0 saturated carbocycles. The SMILES string of the molecule is COc1cccc(C(CC(=O)O)NC(=O)OCC2c3ccccc3-c3ccccc32)n1. The number of benzene rings is 2. The highest BCUT2D eigenvalue weighted by Crippen LogP contribution is 2.44. The van der Waals surface area contributed by atoms with Gasteiger partial charge in [-0.05, 0) is 28.3 Å². The van der Waals surface area contributed by atoms with E-state index in [2.05, 4.69) is 22.4 Å². The van der Waals surface area contributed by atoms with Gasteiger partial charge in [-0.25, -0.2) is 9.78 Å². The monoisotopic (exact) mass is 418 g/mol. The van der Waals surface area contributed by atoms with Gasteiger partial charge in [0.1, 0.15) is 6.61 Å². The molecule has 1 atom stereocenters. The maximum Gasteiger partial charge on any atom is 0.407 e. The van der Waals surface area contributed by atoms with E-state index < -0.39 is 18.1 Å². The number of alkyl carbamates (subject to hydrolysis) is 1. The largest absolute Gasteiger partial charge is 0.481 e. The topological polar surface area (TPSA) is 97.8 Å². The van der Waals surface area contributed by atoms with E-state index in [-0.39, 0.29) is 18.9 Å². The van der Waals surface area contributed by atoms with Gasteiger partial charge in [-0.15, -0.1) is 0 Å². The van der Waals surface area contributed by atoms with Gasteiger partial charge < -0.3 is 19.9 Å². The Hall–Kier alpha value is -3.87. The number of carbonyl (C=O) groups is 2. The van der Waals surface area contributed by atoms with Crippen molar-refractivity contribution in [2.45, 2.75) is 18.4 Å². The second-order valence-corrected chi connectivity index (χ2v) is 7.23. The highest BCUT2D eigenvalue weighted by atomic mass is 16.5. The molecule has 2 aromatic carbocycles. The lowest BCUT2D eigenvalue weighted by Crippen LogP contribution is -2.32. The summed E-state index contributed by atoms with van der Waals surface area (Å²) in [6.07, 6.45) is -1.03. The maximum absolute atomic E-state index is 12.6. The molecule has 3 aromatic rings. The third-order valence-corrected chi connectivity index (χ3v) is 5.33. The number of nitrogens with zero attached hydrogens (tertiary/aromatic N) is 1. The number of ether oxygens (including phenoxy) is 2. The number of pyridine rings is 1. The lowest BCUT2D eigenvalue weighted by atomic mass is 9.98. The number of methoxy groups -OCH3 is 1. The average Bonchev–Trinajstić information content (AvgIpc) is 3.11. The van der Waals surface area contributed by atoms with E-state index in [9.17, 15) is 14.7 Å². The fraction of sp³-hybridized carbons (Fsp3) is 0.208. The van der Waals surface area contributed by atoms with Crippen LogP contribution in [0.4, 0.5) is 4.79 Å². The zero-order valence-electron chi connectivity index (χ0n) is 16.9. The fourth-order valence-corrected chi connectivity index (χ4v) is 3.93. The minimum absolute atomic E-state index is 0.0778. The molecule has 1 aliphatic rings. The van der Waals surface area contributed by atoms with Gasteiger partial charge >= 0.3 is 12.1 Å². The normalized spacial score (nSPS) is 13.1. The fourth-order valence-electron chi connectivity index (χ4n) is 3.93. The molecule has 1 aliphatic carbocycles. The number of rotatable bonds is 7. The molecule has 1 unspecified atom stereocenters. The quantitative estimate of drug-likeness (QED) is 0.598. The van der Waals surface area contributed by atoms with Crippen LogP contribution in [0.5, 0.6) is 5.88 Å². The van der Waals surface area contributed by atoms with E-state index >= 15 is 0 Å². The summed E-state index contributed by atoms with van der Waals surface area (Å²) >= 11 is 0. The van der Waals surface area contributed by atoms with Crippen molar-refractivity contribution in [3.8, 4) is 17.0 Å². The smallest absolute Gasteiger partial charge is 0.407 e. The van der Waals surface area contributed by atoms with E-state index in [0.29, 0.717) is 11.6 Å². The Morgan fingerprint density at radius 1 is 1.00 bits per heavy atom. The number of carboxylic acid groups (broad SMARTS) is 1. The summed E-state index contributed by atoms with van der Waals surface area (Å²) in [6, 6.07) is 20.2. The predicted octanol–water partition coefficient (Wildman–Crippen LogP) is 4.14. The molecule has 4 rings (SSSR count). The van der Waals surface area contributed by atoms with Gasteiger partial charge in [0.15, 0.2) is 0 Å². The highest BCUT2D eigenvalue weighted by molar-refractivity contribution is 5.79. The Bertz CT molecular complexity index is 1070. The summed E-state index contributed by atoms with van der Waals surface area (Å²) < 4.78 is 10.6. The predicted molar refractivity (Wildman–Crippen MR) is 114 cm³/mol. The van der Waals surface area contributed by atoms with Crippen LogP contribution in [-0.2, 0) is 9.53 Å². The van der Waals surface area contributed by atoms with Crippen molar-refractivity contribution < 1.29 is 24.2 Å². The number of hydrogen-bond acceptors (Lipinski definition) is 5. The molecule has 0 bridgehead atoms. The molecule has 0 fully saturated rings. The number of aliphatic carboxylic acids is 1. The Labute approximate surface area is 179 Å².